The van der Waals surface area contributed by atoms with E-state index in [0.29, 0.717) is 6.61 Å². The van der Waals surface area contributed by atoms with Gasteiger partial charge in [0, 0.05) is 0 Å². The van der Waals surface area contributed by atoms with Crippen LogP contribution in [0.1, 0.15) is 38.8 Å². The van der Waals surface area contributed by atoms with E-state index >= 15 is 0 Å². The van der Waals surface area contributed by atoms with Gasteiger partial charge in [0.25, 0.3) is 0 Å². The van der Waals surface area contributed by atoms with E-state index in [1.807, 2.05) is 0 Å². The maximum absolute atomic E-state index is 5.81. The Hall–Kier alpha value is -1.02. The number of hydrogen-bond donors (Lipinski definition) is 0. The second-order valence-electron chi connectivity index (χ2n) is 6.26. The molecule has 1 atom stereocenters. The molecule has 0 N–H and O–H groups in total. The molecule has 2 nitrogen and oxygen atoms in total. The predicted molar refractivity (Wildman–Crippen MR) is 69.7 cm³/mol. The van der Waals surface area contributed by atoms with Crippen LogP contribution in [0.4, 0.5) is 0 Å². The molecular weight excluding hydrogens is 212 g/mol. The third kappa shape index (κ3) is 3.01. The fourth-order valence-electron chi connectivity index (χ4n) is 1.71. The summed E-state index contributed by atoms with van der Waals surface area (Å²) in [4.78, 5) is 0. The molecule has 2 heteroatoms. The lowest BCUT2D eigenvalue weighted by Gasteiger charge is -2.21. The first kappa shape index (κ1) is 12.4. The van der Waals surface area contributed by atoms with Gasteiger partial charge >= 0.3 is 0 Å². The zero-order chi connectivity index (χ0) is 12.7. The summed E-state index contributed by atoms with van der Waals surface area (Å²) in [5, 5.41) is 0. The van der Waals surface area contributed by atoms with E-state index < -0.39 is 0 Å². The van der Waals surface area contributed by atoms with Gasteiger partial charge in [-0.3, -0.25) is 0 Å². The highest BCUT2D eigenvalue weighted by atomic mass is 16.6. The minimum atomic E-state index is -0.0465. The molecule has 1 fully saturated rings. The van der Waals surface area contributed by atoms with E-state index in [-0.39, 0.29) is 11.0 Å². The largest absolute Gasteiger partial charge is 0.490 e. The molecule has 1 heterocycles. The fraction of sp³-hybridized carbons (Fsp3) is 0.600. The maximum atomic E-state index is 5.81. The zero-order valence-corrected chi connectivity index (χ0v) is 11.5. The molecular formula is C15H22O2. The summed E-state index contributed by atoms with van der Waals surface area (Å²) in [5.74, 6) is 0.967. The Bertz CT molecular complexity index is 411. The number of benzene rings is 1. The van der Waals surface area contributed by atoms with Crippen molar-refractivity contribution in [1.29, 1.82) is 0 Å². The average molecular weight is 234 g/mol. The van der Waals surface area contributed by atoms with Crippen LogP contribution in [0.25, 0.3) is 0 Å². The van der Waals surface area contributed by atoms with E-state index in [1.165, 1.54) is 11.1 Å². The van der Waals surface area contributed by atoms with Crippen molar-refractivity contribution in [3.05, 3.63) is 29.3 Å². The van der Waals surface area contributed by atoms with Gasteiger partial charge in [0.05, 0.1) is 6.61 Å². The second kappa shape index (κ2) is 4.02. The highest BCUT2D eigenvalue weighted by Gasteiger charge is 2.40. The molecule has 0 aromatic heterocycles. The molecule has 1 aliphatic heterocycles. The summed E-state index contributed by atoms with van der Waals surface area (Å²) in [6.45, 7) is 12.3. The average Bonchev–Trinajstić information content (AvgIpc) is 2.94. The Labute approximate surface area is 104 Å². The molecule has 17 heavy (non-hydrogen) atoms. The van der Waals surface area contributed by atoms with Gasteiger partial charge in [-0.15, -0.1) is 0 Å². The van der Waals surface area contributed by atoms with Gasteiger partial charge in [-0.25, -0.2) is 0 Å². The summed E-state index contributed by atoms with van der Waals surface area (Å²) in [5.41, 5.74) is 2.68. The Balaban J connectivity index is 2.09. The van der Waals surface area contributed by atoms with E-state index in [1.54, 1.807) is 0 Å². The third-order valence-corrected chi connectivity index (χ3v) is 3.21. The fourth-order valence-corrected chi connectivity index (χ4v) is 1.71. The Morgan fingerprint density at radius 2 is 2.00 bits per heavy atom. The number of epoxide rings is 1. The van der Waals surface area contributed by atoms with Gasteiger partial charge in [-0.05, 0) is 36.5 Å². The molecule has 0 radical (unpaired) electrons. The van der Waals surface area contributed by atoms with Gasteiger partial charge in [0.15, 0.2) is 0 Å². The summed E-state index contributed by atoms with van der Waals surface area (Å²) in [6, 6.07) is 6.44. The van der Waals surface area contributed by atoms with E-state index in [2.05, 4.69) is 52.8 Å². The quantitative estimate of drug-likeness (QED) is 0.747. The lowest BCUT2D eigenvalue weighted by atomic mass is 9.86. The first-order chi connectivity index (χ1) is 7.80. The van der Waals surface area contributed by atoms with E-state index in [4.69, 9.17) is 9.47 Å². The van der Waals surface area contributed by atoms with Crippen molar-refractivity contribution in [1.82, 2.24) is 0 Å². The molecule has 0 bridgehead atoms. The summed E-state index contributed by atoms with van der Waals surface area (Å²) < 4.78 is 11.1. The van der Waals surface area contributed by atoms with E-state index in [9.17, 15) is 0 Å². The van der Waals surface area contributed by atoms with Gasteiger partial charge in [-0.1, -0.05) is 32.9 Å². The van der Waals surface area contributed by atoms with Crippen LogP contribution in [0.15, 0.2) is 18.2 Å². The van der Waals surface area contributed by atoms with Crippen LogP contribution in [-0.4, -0.2) is 18.8 Å². The monoisotopic (exact) mass is 234 g/mol. The molecule has 0 aliphatic carbocycles. The molecule has 2 rings (SSSR count). The van der Waals surface area contributed by atoms with E-state index in [0.717, 1.165) is 12.4 Å². The van der Waals surface area contributed by atoms with Crippen molar-refractivity contribution in [2.24, 2.45) is 0 Å². The SMILES string of the molecule is Cc1cc(C(C)(C)C)ccc1OCC1(C)CO1. The first-order valence-electron chi connectivity index (χ1n) is 6.18. The van der Waals surface area contributed by atoms with Crippen LogP contribution >= 0.6 is 0 Å². The number of aryl methyl sites for hydroxylation is 1. The van der Waals surface area contributed by atoms with Crippen LogP contribution in [-0.2, 0) is 10.2 Å². The topological polar surface area (TPSA) is 21.8 Å². The van der Waals surface area contributed by atoms with Crippen molar-refractivity contribution < 1.29 is 9.47 Å². The van der Waals surface area contributed by atoms with Gasteiger partial charge in [0.2, 0.25) is 0 Å². The smallest absolute Gasteiger partial charge is 0.123 e. The highest BCUT2D eigenvalue weighted by Crippen LogP contribution is 2.30. The van der Waals surface area contributed by atoms with Crippen LogP contribution in [0.2, 0.25) is 0 Å². The lowest BCUT2D eigenvalue weighted by Crippen LogP contribution is -2.17. The first-order valence-corrected chi connectivity index (χ1v) is 6.18. The molecule has 94 valence electrons. The molecule has 0 amide bonds. The van der Waals surface area contributed by atoms with Crippen molar-refractivity contribution in [2.75, 3.05) is 13.2 Å². The van der Waals surface area contributed by atoms with Crippen molar-refractivity contribution in [2.45, 2.75) is 45.6 Å². The predicted octanol–water partition coefficient (Wildman–Crippen LogP) is 3.46. The third-order valence-electron chi connectivity index (χ3n) is 3.21. The van der Waals surface area contributed by atoms with Crippen LogP contribution in [0.5, 0.6) is 5.75 Å². The Morgan fingerprint density at radius 3 is 2.47 bits per heavy atom. The van der Waals surface area contributed by atoms with Gasteiger partial charge < -0.3 is 9.47 Å². The van der Waals surface area contributed by atoms with Crippen LogP contribution in [0.3, 0.4) is 0 Å². The number of ether oxygens (including phenoxy) is 2. The number of hydrogen-bond acceptors (Lipinski definition) is 2. The molecule has 0 spiro atoms. The van der Waals surface area contributed by atoms with Gasteiger partial charge in [0.1, 0.15) is 18.0 Å². The molecule has 1 unspecified atom stereocenters. The van der Waals surface area contributed by atoms with Crippen molar-refractivity contribution >= 4 is 0 Å². The molecule has 0 saturated carbocycles. The standard InChI is InChI=1S/C15H22O2/c1-11-8-12(14(2,3)4)6-7-13(11)16-9-15(5)10-17-15/h6-8H,9-10H2,1-5H3. The second-order valence-corrected chi connectivity index (χ2v) is 6.26. The summed E-state index contributed by atoms with van der Waals surface area (Å²) in [7, 11) is 0. The minimum absolute atomic E-state index is 0.0465. The Kier molecular flexibility index (Phi) is 2.94. The molecule has 1 saturated heterocycles. The minimum Gasteiger partial charge on any atom is -0.490 e. The van der Waals surface area contributed by atoms with Crippen molar-refractivity contribution in [3.8, 4) is 5.75 Å². The van der Waals surface area contributed by atoms with Crippen molar-refractivity contribution in [3.63, 3.8) is 0 Å². The molecule has 1 aromatic rings. The van der Waals surface area contributed by atoms with Gasteiger partial charge in [-0.2, -0.15) is 0 Å². The van der Waals surface area contributed by atoms with Crippen LogP contribution < -0.4 is 4.74 Å². The normalized spacial score (nSPS) is 23.6. The number of rotatable bonds is 3. The van der Waals surface area contributed by atoms with Crippen LogP contribution in [0, 0.1) is 6.92 Å². The molecule has 1 aromatic carbocycles. The zero-order valence-electron chi connectivity index (χ0n) is 11.5. The Morgan fingerprint density at radius 1 is 1.35 bits per heavy atom. The maximum Gasteiger partial charge on any atom is 0.123 e. The molecule has 1 aliphatic rings. The summed E-state index contributed by atoms with van der Waals surface area (Å²) in [6.07, 6.45) is 0. The lowest BCUT2D eigenvalue weighted by molar-refractivity contribution is 0.201. The highest BCUT2D eigenvalue weighted by molar-refractivity contribution is 5.38. The summed E-state index contributed by atoms with van der Waals surface area (Å²) >= 11 is 0.